The zero-order valence-electron chi connectivity index (χ0n) is 8.94. The van der Waals surface area contributed by atoms with E-state index in [0.717, 1.165) is 10.0 Å². The Balaban J connectivity index is 2.31. The van der Waals surface area contributed by atoms with Crippen LogP contribution < -0.4 is 5.32 Å². The lowest BCUT2D eigenvalue weighted by atomic mass is 10.3. The minimum Gasteiger partial charge on any atom is -0.337 e. The van der Waals surface area contributed by atoms with Gasteiger partial charge in [-0.2, -0.15) is 4.98 Å². The van der Waals surface area contributed by atoms with Gasteiger partial charge in [0.2, 0.25) is 11.7 Å². The highest BCUT2D eigenvalue weighted by Crippen LogP contribution is 2.20. The topological polar surface area (TPSA) is 63.8 Å². The van der Waals surface area contributed by atoms with E-state index >= 15 is 0 Å². The molecule has 84 valence electrons. The van der Waals surface area contributed by atoms with Gasteiger partial charge in [0, 0.05) is 22.4 Å². The summed E-state index contributed by atoms with van der Waals surface area (Å²) in [5, 5.41) is 6.95. The largest absolute Gasteiger partial charge is 0.337 e. The number of aromatic nitrogens is 3. The molecule has 6 heteroatoms. The second-order valence-electron chi connectivity index (χ2n) is 3.36. The minimum atomic E-state index is 0.0429. The van der Waals surface area contributed by atoms with Gasteiger partial charge in [-0.15, -0.1) is 0 Å². The SMILES string of the molecule is CNC(C)c1nc(-c2cncc(Br)c2)no1. The molecule has 0 radical (unpaired) electrons. The van der Waals surface area contributed by atoms with Crippen LogP contribution in [0.5, 0.6) is 0 Å². The number of hydrogen-bond acceptors (Lipinski definition) is 5. The van der Waals surface area contributed by atoms with Gasteiger partial charge < -0.3 is 9.84 Å². The number of nitrogens with one attached hydrogen (secondary N) is 1. The third-order valence-corrected chi connectivity index (χ3v) is 2.64. The Bertz CT molecular complexity index is 485. The van der Waals surface area contributed by atoms with Crippen LogP contribution in [0.2, 0.25) is 0 Å². The molecule has 1 unspecified atom stereocenters. The van der Waals surface area contributed by atoms with E-state index < -0.39 is 0 Å². The zero-order chi connectivity index (χ0) is 11.5. The fourth-order valence-corrected chi connectivity index (χ4v) is 1.55. The van der Waals surface area contributed by atoms with Crippen LogP contribution in [0.3, 0.4) is 0 Å². The Hall–Kier alpha value is -1.27. The van der Waals surface area contributed by atoms with E-state index in [1.807, 2.05) is 20.0 Å². The van der Waals surface area contributed by atoms with Gasteiger partial charge in [-0.05, 0) is 36.0 Å². The van der Waals surface area contributed by atoms with Crippen LogP contribution in [-0.4, -0.2) is 22.2 Å². The van der Waals surface area contributed by atoms with Crippen molar-refractivity contribution in [2.24, 2.45) is 0 Å². The standard InChI is InChI=1S/C10H11BrN4O/c1-6(12-2)10-14-9(15-16-10)7-3-8(11)5-13-4-7/h3-6,12H,1-2H3. The van der Waals surface area contributed by atoms with Crippen LogP contribution in [-0.2, 0) is 0 Å². The van der Waals surface area contributed by atoms with Crippen molar-refractivity contribution in [3.05, 3.63) is 28.8 Å². The molecule has 1 N–H and O–H groups in total. The van der Waals surface area contributed by atoms with Crippen LogP contribution >= 0.6 is 15.9 Å². The molecular weight excluding hydrogens is 272 g/mol. The molecule has 0 aromatic carbocycles. The summed E-state index contributed by atoms with van der Waals surface area (Å²) in [5.74, 6) is 1.11. The highest BCUT2D eigenvalue weighted by Gasteiger charge is 2.13. The number of nitrogens with zero attached hydrogens (tertiary/aromatic N) is 3. The maximum Gasteiger partial charge on any atom is 0.243 e. The summed E-state index contributed by atoms with van der Waals surface area (Å²) in [6.07, 6.45) is 3.41. The lowest BCUT2D eigenvalue weighted by Crippen LogP contribution is -2.12. The van der Waals surface area contributed by atoms with Crippen molar-refractivity contribution in [3.63, 3.8) is 0 Å². The number of halogens is 1. The molecule has 2 aromatic heterocycles. The van der Waals surface area contributed by atoms with E-state index in [-0.39, 0.29) is 6.04 Å². The quantitative estimate of drug-likeness (QED) is 0.935. The van der Waals surface area contributed by atoms with Gasteiger partial charge in [-0.1, -0.05) is 5.16 Å². The summed E-state index contributed by atoms with van der Waals surface area (Å²) >= 11 is 3.35. The van der Waals surface area contributed by atoms with Gasteiger partial charge in [0.1, 0.15) is 0 Å². The normalized spacial score (nSPS) is 12.7. The second kappa shape index (κ2) is 4.71. The Morgan fingerprint density at radius 2 is 2.25 bits per heavy atom. The van der Waals surface area contributed by atoms with Crippen molar-refractivity contribution in [2.75, 3.05) is 7.05 Å². The van der Waals surface area contributed by atoms with Gasteiger partial charge in [0.05, 0.1) is 6.04 Å². The Labute approximate surface area is 101 Å². The summed E-state index contributed by atoms with van der Waals surface area (Å²) in [5.41, 5.74) is 0.827. The summed E-state index contributed by atoms with van der Waals surface area (Å²) in [6.45, 7) is 1.95. The summed E-state index contributed by atoms with van der Waals surface area (Å²) in [6, 6.07) is 1.94. The molecule has 0 aliphatic heterocycles. The van der Waals surface area contributed by atoms with Crippen LogP contribution in [0.1, 0.15) is 18.9 Å². The van der Waals surface area contributed by atoms with Gasteiger partial charge in [-0.3, -0.25) is 4.98 Å². The van der Waals surface area contributed by atoms with Crippen molar-refractivity contribution in [1.82, 2.24) is 20.4 Å². The van der Waals surface area contributed by atoms with E-state index in [1.165, 1.54) is 0 Å². The van der Waals surface area contributed by atoms with Crippen LogP contribution in [0, 0.1) is 0 Å². The van der Waals surface area contributed by atoms with Gasteiger partial charge in [0.15, 0.2) is 0 Å². The molecule has 0 aliphatic rings. The Kier molecular flexibility index (Phi) is 3.31. The highest BCUT2D eigenvalue weighted by atomic mass is 79.9. The summed E-state index contributed by atoms with van der Waals surface area (Å²) < 4.78 is 6.03. The summed E-state index contributed by atoms with van der Waals surface area (Å²) in [4.78, 5) is 8.34. The molecule has 0 amide bonds. The molecule has 0 saturated carbocycles. The average Bonchev–Trinajstić information content (AvgIpc) is 2.77. The minimum absolute atomic E-state index is 0.0429. The van der Waals surface area contributed by atoms with Crippen LogP contribution in [0.4, 0.5) is 0 Å². The van der Waals surface area contributed by atoms with Crippen LogP contribution in [0.15, 0.2) is 27.5 Å². The predicted octanol–water partition coefficient (Wildman–Crippen LogP) is 2.17. The first-order valence-corrected chi connectivity index (χ1v) is 5.62. The lowest BCUT2D eigenvalue weighted by Gasteiger charge is -2.01. The van der Waals surface area contributed by atoms with E-state index in [2.05, 4.69) is 36.4 Å². The molecular formula is C10H11BrN4O. The van der Waals surface area contributed by atoms with E-state index in [4.69, 9.17) is 4.52 Å². The molecule has 5 nitrogen and oxygen atoms in total. The molecule has 0 fully saturated rings. The monoisotopic (exact) mass is 282 g/mol. The highest BCUT2D eigenvalue weighted by molar-refractivity contribution is 9.10. The molecule has 0 spiro atoms. The maximum absolute atomic E-state index is 5.14. The molecule has 16 heavy (non-hydrogen) atoms. The lowest BCUT2D eigenvalue weighted by molar-refractivity contribution is 0.347. The van der Waals surface area contributed by atoms with Gasteiger partial charge in [0.25, 0.3) is 0 Å². The van der Waals surface area contributed by atoms with Crippen LogP contribution in [0.25, 0.3) is 11.4 Å². The predicted molar refractivity (Wildman–Crippen MR) is 62.7 cm³/mol. The van der Waals surface area contributed by atoms with Crippen molar-refractivity contribution in [3.8, 4) is 11.4 Å². The molecule has 2 aromatic rings. The van der Waals surface area contributed by atoms with E-state index in [1.54, 1.807) is 12.4 Å². The average molecular weight is 283 g/mol. The molecule has 2 heterocycles. The summed E-state index contributed by atoms with van der Waals surface area (Å²) in [7, 11) is 1.84. The van der Waals surface area contributed by atoms with Gasteiger partial charge >= 0.3 is 0 Å². The number of pyridine rings is 1. The third kappa shape index (κ3) is 2.28. The molecule has 1 atom stereocenters. The van der Waals surface area contributed by atoms with Crippen molar-refractivity contribution in [2.45, 2.75) is 13.0 Å². The zero-order valence-corrected chi connectivity index (χ0v) is 10.5. The fraction of sp³-hybridized carbons (Fsp3) is 0.300. The van der Waals surface area contributed by atoms with E-state index in [9.17, 15) is 0 Å². The van der Waals surface area contributed by atoms with Crippen molar-refractivity contribution < 1.29 is 4.52 Å². The first-order chi connectivity index (χ1) is 7.70. The first-order valence-electron chi connectivity index (χ1n) is 4.82. The second-order valence-corrected chi connectivity index (χ2v) is 4.27. The molecule has 2 rings (SSSR count). The van der Waals surface area contributed by atoms with Crippen molar-refractivity contribution >= 4 is 15.9 Å². The number of rotatable bonds is 3. The fourth-order valence-electron chi connectivity index (χ4n) is 1.19. The Morgan fingerprint density at radius 3 is 2.94 bits per heavy atom. The van der Waals surface area contributed by atoms with Gasteiger partial charge in [-0.25, -0.2) is 0 Å². The maximum atomic E-state index is 5.14. The molecule has 0 bridgehead atoms. The number of hydrogen-bond donors (Lipinski definition) is 1. The first kappa shape index (κ1) is 11.2. The molecule has 0 aliphatic carbocycles. The third-order valence-electron chi connectivity index (χ3n) is 2.21. The smallest absolute Gasteiger partial charge is 0.243 e. The van der Waals surface area contributed by atoms with E-state index in [0.29, 0.717) is 11.7 Å². The Morgan fingerprint density at radius 1 is 1.44 bits per heavy atom. The van der Waals surface area contributed by atoms with Crippen molar-refractivity contribution in [1.29, 1.82) is 0 Å². The molecule has 0 saturated heterocycles.